The number of rotatable bonds is 6. The maximum Gasteiger partial charge on any atom is 0.133 e. The van der Waals surface area contributed by atoms with E-state index >= 15 is 0 Å². The second-order valence-electron chi connectivity index (χ2n) is 4.83. The van der Waals surface area contributed by atoms with Crippen molar-refractivity contribution < 1.29 is 4.74 Å². The molecular formula is C17H19BrINO. The summed E-state index contributed by atoms with van der Waals surface area (Å²) in [5.41, 5.74) is 2.61. The number of likely N-dealkylation sites (N-methyl/N-ethyl adjacent to an activating group) is 1. The zero-order valence-electron chi connectivity index (χ0n) is 12.2. The van der Waals surface area contributed by atoms with Crippen molar-refractivity contribution in [3.63, 3.8) is 0 Å². The first-order valence-electron chi connectivity index (χ1n) is 6.95. The van der Waals surface area contributed by atoms with Crippen LogP contribution in [0.1, 0.15) is 24.1 Å². The van der Waals surface area contributed by atoms with Crippen molar-refractivity contribution >= 4 is 38.5 Å². The van der Waals surface area contributed by atoms with E-state index in [1.165, 1.54) is 14.7 Å². The van der Waals surface area contributed by atoms with Crippen LogP contribution in [0.4, 0.5) is 0 Å². The molecule has 2 nitrogen and oxygen atoms in total. The molecule has 0 aliphatic carbocycles. The SMILES string of the molecule is CCNC(Cc1ccc(OC)c(Br)c1)c1ccc(I)cc1. The highest BCUT2D eigenvalue weighted by atomic mass is 127. The van der Waals surface area contributed by atoms with E-state index in [1.807, 2.05) is 6.07 Å². The Bertz CT molecular complexity index is 586. The summed E-state index contributed by atoms with van der Waals surface area (Å²) in [6.45, 7) is 3.09. The first kappa shape index (κ1) is 16.8. The molecule has 21 heavy (non-hydrogen) atoms. The molecule has 0 amide bonds. The van der Waals surface area contributed by atoms with Crippen LogP contribution in [-0.4, -0.2) is 13.7 Å². The van der Waals surface area contributed by atoms with Crippen LogP contribution in [0.15, 0.2) is 46.9 Å². The van der Waals surface area contributed by atoms with E-state index in [2.05, 4.69) is 87.2 Å². The second-order valence-corrected chi connectivity index (χ2v) is 6.93. The zero-order valence-corrected chi connectivity index (χ0v) is 15.9. The van der Waals surface area contributed by atoms with E-state index in [0.29, 0.717) is 6.04 Å². The summed E-state index contributed by atoms with van der Waals surface area (Å²) in [5.74, 6) is 0.869. The van der Waals surface area contributed by atoms with Crippen LogP contribution < -0.4 is 10.1 Å². The number of hydrogen-bond acceptors (Lipinski definition) is 2. The van der Waals surface area contributed by atoms with Crippen LogP contribution in [-0.2, 0) is 6.42 Å². The van der Waals surface area contributed by atoms with Gasteiger partial charge in [0.1, 0.15) is 5.75 Å². The summed E-state index contributed by atoms with van der Waals surface area (Å²) in [6.07, 6.45) is 0.955. The molecular weight excluding hydrogens is 441 g/mol. The van der Waals surface area contributed by atoms with Crippen molar-refractivity contribution in [3.8, 4) is 5.75 Å². The number of benzene rings is 2. The molecule has 2 aromatic rings. The first-order valence-corrected chi connectivity index (χ1v) is 8.82. The van der Waals surface area contributed by atoms with Crippen LogP contribution in [0.5, 0.6) is 5.75 Å². The minimum Gasteiger partial charge on any atom is -0.496 e. The molecule has 0 bridgehead atoms. The van der Waals surface area contributed by atoms with E-state index in [1.54, 1.807) is 7.11 Å². The molecule has 0 radical (unpaired) electrons. The molecule has 112 valence electrons. The standard InChI is InChI=1S/C17H19BrINO/c1-3-20-16(13-5-7-14(19)8-6-13)11-12-4-9-17(21-2)15(18)10-12/h4-10,16,20H,3,11H2,1-2H3. The molecule has 0 saturated heterocycles. The van der Waals surface area contributed by atoms with Gasteiger partial charge in [-0.25, -0.2) is 0 Å². The van der Waals surface area contributed by atoms with Crippen LogP contribution >= 0.6 is 38.5 Å². The summed E-state index contributed by atoms with van der Waals surface area (Å²) in [4.78, 5) is 0. The molecule has 0 heterocycles. The third kappa shape index (κ3) is 4.69. The van der Waals surface area contributed by atoms with Gasteiger partial charge in [-0.1, -0.05) is 25.1 Å². The Morgan fingerprint density at radius 3 is 2.48 bits per heavy atom. The Morgan fingerprint density at radius 2 is 1.90 bits per heavy atom. The van der Waals surface area contributed by atoms with Gasteiger partial charge in [0.2, 0.25) is 0 Å². The highest BCUT2D eigenvalue weighted by molar-refractivity contribution is 14.1. The Morgan fingerprint density at radius 1 is 1.19 bits per heavy atom. The van der Waals surface area contributed by atoms with Gasteiger partial charge in [0.15, 0.2) is 0 Å². The minimum atomic E-state index is 0.326. The number of ether oxygens (including phenoxy) is 1. The lowest BCUT2D eigenvalue weighted by Crippen LogP contribution is -2.23. The van der Waals surface area contributed by atoms with Crippen molar-refractivity contribution in [2.75, 3.05) is 13.7 Å². The van der Waals surface area contributed by atoms with E-state index in [0.717, 1.165) is 23.2 Å². The van der Waals surface area contributed by atoms with Crippen molar-refractivity contribution in [2.45, 2.75) is 19.4 Å². The number of hydrogen-bond donors (Lipinski definition) is 1. The van der Waals surface area contributed by atoms with Gasteiger partial charge >= 0.3 is 0 Å². The summed E-state index contributed by atoms with van der Waals surface area (Å²) in [5, 5.41) is 3.57. The Kier molecular flexibility index (Phi) is 6.51. The van der Waals surface area contributed by atoms with Crippen molar-refractivity contribution in [3.05, 3.63) is 61.6 Å². The highest BCUT2D eigenvalue weighted by Crippen LogP contribution is 2.28. The molecule has 1 atom stereocenters. The fourth-order valence-electron chi connectivity index (χ4n) is 2.32. The fraction of sp³-hybridized carbons (Fsp3) is 0.294. The summed E-state index contributed by atoms with van der Waals surface area (Å²) in [6, 6.07) is 15.3. The van der Waals surface area contributed by atoms with Gasteiger partial charge in [-0.2, -0.15) is 0 Å². The molecule has 0 saturated carbocycles. The lowest BCUT2D eigenvalue weighted by Gasteiger charge is -2.19. The molecule has 0 aromatic heterocycles. The minimum absolute atomic E-state index is 0.326. The van der Waals surface area contributed by atoms with E-state index in [9.17, 15) is 0 Å². The van der Waals surface area contributed by atoms with Crippen LogP contribution in [0.2, 0.25) is 0 Å². The van der Waals surface area contributed by atoms with Crippen molar-refractivity contribution in [1.82, 2.24) is 5.32 Å². The number of halogens is 2. The number of nitrogens with one attached hydrogen (secondary N) is 1. The topological polar surface area (TPSA) is 21.3 Å². The zero-order chi connectivity index (χ0) is 15.2. The van der Waals surface area contributed by atoms with E-state index in [4.69, 9.17) is 4.74 Å². The average Bonchev–Trinajstić information content (AvgIpc) is 2.48. The van der Waals surface area contributed by atoms with Crippen molar-refractivity contribution in [2.24, 2.45) is 0 Å². The third-order valence-corrected chi connectivity index (χ3v) is 4.72. The monoisotopic (exact) mass is 459 g/mol. The molecule has 1 unspecified atom stereocenters. The molecule has 2 rings (SSSR count). The third-order valence-electron chi connectivity index (χ3n) is 3.38. The Labute approximate surface area is 148 Å². The van der Waals surface area contributed by atoms with Gasteiger partial charge in [0.25, 0.3) is 0 Å². The predicted octanol–water partition coefficient (Wildman–Crippen LogP) is 4.96. The summed E-state index contributed by atoms with van der Waals surface area (Å²) in [7, 11) is 1.69. The molecule has 0 fully saturated rings. The van der Waals surface area contributed by atoms with Gasteiger partial charge in [-0.15, -0.1) is 0 Å². The predicted molar refractivity (Wildman–Crippen MR) is 100.0 cm³/mol. The fourth-order valence-corrected chi connectivity index (χ4v) is 3.27. The van der Waals surface area contributed by atoms with Crippen LogP contribution in [0.25, 0.3) is 0 Å². The van der Waals surface area contributed by atoms with Gasteiger partial charge in [0, 0.05) is 9.61 Å². The smallest absolute Gasteiger partial charge is 0.133 e. The lowest BCUT2D eigenvalue weighted by atomic mass is 9.99. The second kappa shape index (κ2) is 8.15. The lowest BCUT2D eigenvalue weighted by molar-refractivity contribution is 0.412. The molecule has 0 spiro atoms. The first-order chi connectivity index (χ1) is 10.1. The van der Waals surface area contributed by atoms with E-state index < -0.39 is 0 Å². The van der Waals surface area contributed by atoms with E-state index in [-0.39, 0.29) is 0 Å². The average molecular weight is 460 g/mol. The summed E-state index contributed by atoms with van der Waals surface area (Å²) >= 11 is 5.89. The van der Waals surface area contributed by atoms with Crippen LogP contribution in [0, 0.1) is 3.57 Å². The molecule has 4 heteroatoms. The Hall–Kier alpha value is -0.590. The molecule has 1 N–H and O–H groups in total. The maximum atomic E-state index is 5.29. The van der Waals surface area contributed by atoms with Gasteiger partial charge < -0.3 is 10.1 Å². The van der Waals surface area contributed by atoms with Gasteiger partial charge in [-0.3, -0.25) is 0 Å². The highest BCUT2D eigenvalue weighted by Gasteiger charge is 2.12. The maximum absolute atomic E-state index is 5.29. The molecule has 2 aromatic carbocycles. The van der Waals surface area contributed by atoms with Crippen LogP contribution in [0.3, 0.4) is 0 Å². The van der Waals surface area contributed by atoms with Gasteiger partial charge in [-0.05, 0) is 86.9 Å². The van der Waals surface area contributed by atoms with Crippen molar-refractivity contribution in [1.29, 1.82) is 0 Å². The molecule has 0 aliphatic heterocycles. The number of methoxy groups -OCH3 is 1. The quantitative estimate of drug-likeness (QED) is 0.616. The Balaban J connectivity index is 2.19. The normalized spacial score (nSPS) is 12.2. The molecule has 0 aliphatic rings. The van der Waals surface area contributed by atoms with Gasteiger partial charge in [0.05, 0.1) is 11.6 Å². The largest absolute Gasteiger partial charge is 0.496 e. The summed E-state index contributed by atoms with van der Waals surface area (Å²) < 4.78 is 7.55.